The Morgan fingerprint density at radius 1 is 1.07 bits per heavy atom. The van der Waals surface area contributed by atoms with Crippen molar-refractivity contribution in [3.05, 3.63) is 83.6 Å². The van der Waals surface area contributed by atoms with E-state index in [1.807, 2.05) is 40.0 Å². The van der Waals surface area contributed by atoms with Crippen LogP contribution in [-0.4, -0.2) is 51.6 Å². The first-order valence-electron chi connectivity index (χ1n) is 13.9. The largest absolute Gasteiger partial charge is 0.354 e. The molecular weight excluding hydrogens is 523 g/mol. The first-order chi connectivity index (χ1) is 19.8. The zero-order valence-electron chi connectivity index (χ0n) is 22.6. The maximum Gasteiger partial charge on any atom is 0.259 e. The highest BCUT2D eigenvalue weighted by atomic mass is 19.1. The van der Waals surface area contributed by atoms with Gasteiger partial charge < -0.3 is 4.90 Å². The number of amides is 3. The summed E-state index contributed by atoms with van der Waals surface area (Å²) in [6, 6.07) is 11.9. The molecule has 2 saturated heterocycles. The molecule has 5 heterocycles. The standard InChI is InChI=1S/C31H29FN6O3/c1-31(11-14-36(15-12-31)28-23(32)6-3-13-33-28)37-18-19(17-34-37)16-20-7-8-24-27-21(20)4-2-5-22(27)30(41)38(24)25-9-10-26(39)35-29(25)40/h2-8,13,17-18,25H,9-12,14-16H2,1H3,(H,35,39,40). The number of nitrogens with zero attached hydrogens (tertiary/aromatic N) is 5. The van der Waals surface area contributed by atoms with Gasteiger partial charge >= 0.3 is 0 Å². The molecule has 0 bridgehead atoms. The van der Waals surface area contributed by atoms with Crippen LogP contribution in [0.3, 0.4) is 0 Å². The SMILES string of the molecule is CC1(n2cc(Cc3ccc4c5c(cccc35)C(=O)N4C3CCC(=O)NC3=O)cn2)CCN(c2ncccc2F)CC1. The van der Waals surface area contributed by atoms with Gasteiger partial charge in [0.2, 0.25) is 11.8 Å². The van der Waals surface area contributed by atoms with Gasteiger partial charge in [0.25, 0.3) is 5.91 Å². The quantitative estimate of drug-likeness (QED) is 0.377. The van der Waals surface area contributed by atoms with Crippen molar-refractivity contribution < 1.29 is 18.8 Å². The van der Waals surface area contributed by atoms with Crippen molar-refractivity contribution in [3.63, 3.8) is 0 Å². The molecule has 3 amide bonds. The minimum Gasteiger partial charge on any atom is -0.354 e. The van der Waals surface area contributed by atoms with E-state index >= 15 is 0 Å². The summed E-state index contributed by atoms with van der Waals surface area (Å²) in [5, 5.41) is 8.90. The number of anilines is 2. The Hall–Kier alpha value is -4.60. The fraction of sp³-hybridized carbons (Fsp3) is 0.323. The zero-order chi connectivity index (χ0) is 28.3. The number of hydrogen-bond acceptors (Lipinski definition) is 6. The molecule has 0 spiro atoms. The van der Waals surface area contributed by atoms with Crippen LogP contribution in [0.25, 0.3) is 10.8 Å². The third-order valence-electron chi connectivity index (χ3n) is 8.80. The lowest BCUT2D eigenvalue weighted by Gasteiger charge is -2.40. The van der Waals surface area contributed by atoms with Gasteiger partial charge in [0.15, 0.2) is 11.6 Å². The second-order valence-electron chi connectivity index (χ2n) is 11.4. The van der Waals surface area contributed by atoms with E-state index in [1.165, 1.54) is 6.07 Å². The number of nitrogens with one attached hydrogen (secondary N) is 1. The number of carbonyl (C=O) groups excluding carboxylic acids is 3. The second-order valence-corrected chi connectivity index (χ2v) is 11.4. The summed E-state index contributed by atoms with van der Waals surface area (Å²) in [4.78, 5) is 45.5. The molecule has 4 aromatic rings. The van der Waals surface area contributed by atoms with Gasteiger partial charge in [-0.3, -0.25) is 29.3 Å². The molecule has 41 heavy (non-hydrogen) atoms. The molecule has 0 radical (unpaired) electrons. The Balaban J connectivity index is 1.13. The minimum absolute atomic E-state index is 0.198. The van der Waals surface area contributed by atoms with Gasteiger partial charge in [-0.1, -0.05) is 18.2 Å². The van der Waals surface area contributed by atoms with Crippen LogP contribution >= 0.6 is 0 Å². The van der Waals surface area contributed by atoms with Crippen LogP contribution in [-0.2, 0) is 21.5 Å². The van der Waals surface area contributed by atoms with Crippen molar-refractivity contribution in [2.24, 2.45) is 0 Å². The number of carbonyl (C=O) groups is 3. The monoisotopic (exact) mass is 552 g/mol. The van der Waals surface area contributed by atoms with Crippen LogP contribution in [0, 0.1) is 5.82 Å². The van der Waals surface area contributed by atoms with E-state index in [2.05, 4.69) is 23.4 Å². The van der Waals surface area contributed by atoms with Crippen molar-refractivity contribution in [3.8, 4) is 0 Å². The normalized spacial score (nSPS) is 20.1. The third-order valence-corrected chi connectivity index (χ3v) is 8.80. The topological polar surface area (TPSA) is 100 Å². The maximum absolute atomic E-state index is 14.3. The number of pyridine rings is 1. The van der Waals surface area contributed by atoms with E-state index in [0.29, 0.717) is 43.0 Å². The lowest BCUT2D eigenvalue weighted by atomic mass is 9.89. The smallest absolute Gasteiger partial charge is 0.259 e. The summed E-state index contributed by atoms with van der Waals surface area (Å²) >= 11 is 0. The van der Waals surface area contributed by atoms with Gasteiger partial charge in [0.05, 0.1) is 17.4 Å². The Kier molecular flexibility index (Phi) is 5.88. The first-order valence-corrected chi connectivity index (χ1v) is 13.9. The van der Waals surface area contributed by atoms with Crippen molar-refractivity contribution in [1.82, 2.24) is 20.1 Å². The molecule has 0 aliphatic carbocycles. The van der Waals surface area contributed by atoms with E-state index < -0.39 is 11.9 Å². The second kappa shape index (κ2) is 9.50. The van der Waals surface area contributed by atoms with E-state index in [4.69, 9.17) is 5.10 Å². The summed E-state index contributed by atoms with van der Waals surface area (Å²) in [6.07, 6.45) is 8.36. The van der Waals surface area contributed by atoms with E-state index in [9.17, 15) is 18.8 Å². The molecule has 2 aromatic heterocycles. The fourth-order valence-corrected chi connectivity index (χ4v) is 6.46. The van der Waals surface area contributed by atoms with E-state index in [0.717, 1.165) is 34.7 Å². The molecule has 208 valence electrons. The highest BCUT2D eigenvalue weighted by molar-refractivity contribution is 6.27. The number of imide groups is 1. The third kappa shape index (κ3) is 4.16. The molecule has 1 atom stereocenters. The van der Waals surface area contributed by atoms with Crippen molar-refractivity contribution >= 4 is 40.0 Å². The van der Waals surface area contributed by atoms with Crippen LogP contribution in [0.2, 0.25) is 0 Å². The summed E-state index contributed by atoms with van der Waals surface area (Å²) in [5.41, 5.74) is 3.20. The Labute approximate surface area is 236 Å². The van der Waals surface area contributed by atoms with Gasteiger partial charge in [-0.2, -0.15) is 5.10 Å². The average Bonchev–Trinajstić information content (AvgIpc) is 3.55. The van der Waals surface area contributed by atoms with Crippen molar-refractivity contribution in [2.45, 2.75) is 50.6 Å². The van der Waals surface area contributed by atoms with E-state index in [1.54, 1.807) is 23.2 Å². The molecule has 1 N–H and O–H groups in total. The number of rotatable bonds is 5. The minimum atomic E-state index is -0.707. The van der Waals surface area contributed by atoms with Crippen LogP contribution in [0.1, 0.15) is 54.1 Å². The van der Waals surface area contributed by atoms with Crippen LogP contribution in [0.4, 0.5) is 15.9 Å². The number of halogens is 1. The molecule has 7 rings (SSSR count). The lowest BCUT2D eigenvalue weighted by Crippen LogP contribution is -2.53. The van der Waals surface area contributed by atoms with Gasteiger partial charge in [0, 0.05) is 49.3 Å². The summed E-state index contributed by atoms with van der Waals surface area (Å²) in [5.74, 6) is -0.855. The van der Waals surface area contributed by atoms with Crippen molar-refractivity contribution in [2.75, 3.05) is 22.9 Å². The molecule has 0 saturated carbocycles. The summed E-state index contributed by atoms with van der Waals surface area (Å²) in [6.45, 7) is 3.56. The number of benzene rings is 2. The molecule has 3 aliphatic heterocycles. The molecule has 1 unspecified atom stereocenters. The van der Waals surface area contributed by atoms with E-state index in [-0.39, 0.29) is 29.6 Å². The highest BCUT2D eigenvalue weighted by Gasteiger charge is 2.41. The number of piperidine rings is 2. The predicted octanol–water partition coefficient (Wildman–Crippen LogP) is 3.94. The molecule has 9 nitrogen and oxygen atoms in total. The summed E-state index contributed by atoms with van der Waals surface area (Å²) < 4.78 is 16.3. The van der Waals surface area contributed by atoms with Crippen LogP contribution in [0.15, 0.2) is 61.1 Å². The fourth-order valence-electron chi connectivity index (χ4n) is 6.46. The van der Waals surface area contributed by atoms with Gasteiger partial charge in [-0.05, 0) is 67.0 Å². The molecular formula is C31H29FN6O3. The van der Waals surface area contributed by atoms with Crippen molar-refractivity contribution in [1.29, 1.82) is 0 Å². The van der Waals surface area contributed by atoms with Gasteiger partial charge in [-0.15, -0.1) is 0 Å². The highest BCUT2D eigenvalue weighted by Crippen LogP contribution is 2.41. The lowest BCUT2D eigenvalue weighted by molar-refractivity contribution is -0.134. The molecule has 2 aromatic carbocycles. The first kappa shape index (κ1) is 25.4. The number of aromatic nitrogens is 3. The van der Waals surface area contributed by atoms with Crippen LogP contribution < -0.4 is 15.1 Å². The zero-order valence-corrected chi connectivity index (χ0v) is 22.6. The maximum atomic E-state index is 14.3. The van der Waals surface area contributed by atoms with Gasteiger partial charge in [0.1, 0.15) is 6.04 Å². The molecule has 10 heteroatoms. The molecule has 3 aliphatic rings. The van der Waals surface area contributed by atoms with Gasteiger partial charge in [-0.25, -0.2) is 9.37 Å². The molecule has 2 fully saturated rings. The average molecular weight is 553 g/mol. The summed E-state index contributed by atoms with van der Waals surface area (Å²) in [7, 11) is 0. The number of hydrogen-bond donors (Lipinski definition) is 1. The Bertz CT molecular complexity index is 1720. The Morgan fingerprint density at radius 3 is 2.68 bits per heavy atom. The Morgan fingerprint density at radius 2 is 1.90 bits per heavy atom. The van der Waals surface area contributed by atoms with Crippen LogP contribution in [0.5, 0.6) is 0 Å². The predicted molar refractivity (Wildman–Crippen MR) is 151 cm³/mol.